The first-order valence-corrected chi connectivity index (χ1v) is 10.2. The predicted molar refractivity (Wildman–Crippen MR) is 113 cm³/mol. The highest BCUT2D eigenvalue weighted by molar-refractivity contribution is 7.14. The van der Waals surface area contributed by atoms with Crippen molar-refractivity contribution >= 4 is 34.0 Å². The van der Waals surface area contributed by atoms with Crippen LogP contribution in [0.15, 0.2) is 60.0 Å². The normalized spacial score (nSPS) is 11.9. The largest absolute Gasteiger partial charge is 0.302 e. The van der Waals surface area contributed by atoms with Crippen molar-refractivity contribution in [3.8, 4) is 11.3 Å². The number of aromatic amines is 1. The maximum Gasteiger partial charge on any atom is 0.230 e. The summed E-state index contributed by atoms with van der Waals surface area (Å²) in [6.07, 6.45) is 0.934. The number of thiazole rings is 1. The fourth-order valence-electron chi connectivity index (χ4n) is 2.98. The molecule has 2 N–H and O–H groups in total. The molecular formula is C20H17ClN6OS. The highest BCUT2D eigenvalue weighted by Crippen LogP contribution is 2.30. The summed E-state index contributed by atoms with van der Waals surface area (Å²) in [6.45, 7) is 0. The van der Waals surface area contributed by atoms with Gasteiger partial charge in [-0.15, -0.1) is 21.5 Å². The van der Waals surface area contributed by atoms with E-state index in [0.717, 1.165) is 16.8 Å². The minimum atomic E-state index is -0.359. The van der Waals surface area contributed by atoms with Gasteiger partial charge in [0.25, 0.3) is 0 Å². The molecule has 0 spiro atoms. The standard InChI is InChI=1S/C20H17ClN6OS/c21-16-9-5-4-8-15(16)17-12-29-20(22-17)23-19(28)14(11-18-24-26-27-25-18)10-13-6-2-1-3-7-13/h1-9,12,14H,10-11H2,(H,22,23,28)(H,24,25,26,27). The molecule has 0 radical (unpaired) electrons. The molecule has 2 heterocycles. The summed E-state index contributed by atoms with van der Waals surface area (Å²) < 4.78 is 0. The van der Waals surface area contributed by atoms with Crippen molar-refractivity contribution in [2.75, 3.05) is 5.32 Å². The molecule has 2 aromatic carbocycles. The molecule has 7 nitrogen and oxygen atoms in total. The minimum Gasteiger partial charge on any atom is -0.302 e. The third-order valence-corrected chi connectivity index (χ3v) is 5.49. The first-order valence-electron chi connectivity index (χ1n) is 8.96. The molecule has 0 aliphatic rings. The van der Waals surface area contributed by atoms with Crippen molar-refractivity contribution in [2.45, 2.75) is 12.8 Å². The van der Waals surface area contributed by atoms with Crippen molar-refractivity contribution in [1.29, 1.82) is 0 Å². The van der Waals surface area contributed by atoms with E-state index in [2.05, 4.69) is 30.9 Å². The molecule has 146 valence electrons. The van der Waals surface area contributed by atoms with E-state index in [0.29, 0.717) is 28.8 Å². The first kappa shape index (κ1) is 19.2. The number of anilines is 1. The Kier molecular flexibility index (Phi) is 5.92. The number of benzene rings is 2. The molecule has 0 aliphatic heterocycles. The number of tetrazole rings is 1. The topological polar surface area (TPSA) is 96.5 Å². The number of amides is 1. The first-order chi connectivity index (χ1) is 14.2. The van der Waals surface area contributed by atoms with E-state index in [1.54, 1.807) is 0 Å². The lowest BCUT2D eigenvalue weighted by atomic mass is 9.95. The number of halogens is 1. The van der Waals surface area contributed by atoms with Gasteiger partial charge in [-0.3, -0.25) is 4.79 Å². The van der Waals surface area contributed by atoms with Crippen LogP contribution in [0, 0.1) is 5.92 Å². The van der Waals surface area contributed by atoms with Gasteiger partial charge in [0, 0.05) is 28.3 Å². The van der Waals surface area contributed by atoms with Crippen LogP contribution in [0.1, 0.15) is 11.4 Å². The molecule has 1 unspecified atom stereocenters. The second kappa shape index (κ2) is 8.93. The Morgan fingerprint density at radius 2 is 1.90 bits per heavy atom. The van der Waals surface area contributed by atoms with Gasteiger partial charge in [0.05, 0.1) is 5.69 Å². The average molecular weight is 425 g/mol. The Balaban J connectivity index is 1.51. The number of carbonyl (C=O) groups is 1. The van der Waals surface area contributed by atoms with Crippen LogP contribution in [0.25, 0.3) is 11.3 Å². The maximum atomic E-state index is 13.0. The van der Waals surface area contributed by atoms with Gasteiger partial charge in [0.2, 0.25) is 5.91 Å². The quantitative estimate of drug-likeness (QED) is 0.467. The predicted octanol–water partition coefficient (Wildman–Crippen LogP) is 4.02. The van der Waals surface area contributed by atoms with Gasteiger partial charge in [-0.25, -0.2) is 4.98 Å². The van der Waals surface area contributed by atoms with Crippen molar-refractivity contribution in [3.63, 3.8) is 0 Å². The van der Waals surface area contributed by atoms with E-state index in [1.165, 1.54) is 11.3 Å². The van der Waals surface area contributed by atoms with Crippen LogP contribution in [0.2, 0.25) is 5.02 Å². The Bertz CT molecular complexity index is 1080. The Hall–Kier alpha value is -3.10. The molecule has 0 bridgehead atoms. The number of nitrogens with one attached hydrogen (secondary N) is 2. The number of aromatic nitrogens is 5. The summed E-state index contributed by atoms with van der Waals surface area (Å²) in [5.41, 5.74) is 2.62. The molecule has 0 saturated carbocycles. The molecule has 0 saturated heterocycles. The van der Waals surface area contributed by atoms with Crippen molar-refractivity contribution < 1.29 is 4.79 Å². The second-order valence-electron chi connectivity index (χ2n) is 6.43. The molecule has 0 fully saturated rings. The molecule has 2 aromatic heterocycles. The number of hydrogen-bond donors (Lipinski definition) is 2. The molecule has 1 atom stereocenters. The zero-order valence-corrected chi connectivity index (χ0v) is 16.8. The summed E-state index contributed by atoms with van der Waals surface area (Å²) in [5.74, 6) is -0.00153. The summed E-state index contributed by atoms with van der Waals surface area (Å²) >= 11 is 7.61. The van der Waals surface area contributed by atoms with Crippen molar-refractivity contribution in [1.82, 2.24) is 25.6 Å². The van der Waals surface area contributed by atoms with Gasteiger partial charge in [-0.2, -0.15) is 5.21 Å². The summed E-state index contributed by atoms with van der Waals surface area (Å²) in [7, 11) is 0. The van der Waals surface area contributed by atoms with E-state index in [1.807, 2.05) is 60.0 Å². The highest BCUT2D eigenvalue weighted by Gasteiger charge is 2.23. The Morgan fingerprint density at radius 1 is 1.10 bits per heavy atom. The van der Waals surface area contributed by atoms with Crippen LogP contribution in [-0.2, 0) is 17.6 Å². The van der Waals surface area contributed by atoms with Gasteiger partial charge in [0.1, 0.15) is 0 Å². The summed E-state index contributed by atoms with van der Waals surface area (Å²) in [4.78, 5) is 17.5. The zero-order valence-electron chi connectivity index (χ0n) is 15.2. The number of rotatable bonds is 7. The minimum absolute atomic E-state index is 0.140. The summed E-state index contributed by atoms with van der Waals surface area (Å²) in [6, 6.07) is 17.3. The zero-order chi connectivity index (χ0) is 20.1. The van der Waals surface area contributed by atoms with Crippen LogP contribution in [0.5, 0.6) is 0 Å². The lowest BCUT2D eigenvalue weighted by Gasteiger charge is -2.14. The van der Waals surface area contributed by atoms with E-state index >= 15 is 0 Å². The van der Waals surface area contributed by atoms with Crippen molar-refractivity contribution in [3.05, 3.63) is 76.4 Å². The number of carbonyl (C=O) groups excluding carboxylic acids is 1. The van der Waals surface area contributed by atoms with Crippen LogP contribution < -0.4 is 5.32 Å². The fourth-order valence-corrected chi connectivity index (χ4v) is 3.92. The molecule has 1 amide bonds. The fraction of sp³-hybridized carbons (Fsp3) is 0.150. The van der Waals surface area contributed by atoms with Crippen LogP contribution >= 0.6 is 22.9 Å². The molecule has 4 aromatic rings. The van der Waals surface area contributed by atoms with Crippen LogP contribution in [0.4, 0.5) is 5.13 Å². The second-order valence-corrected chi connectivity index (χ2v) is 7.69. The van der Waals surface area contributed by atoms with Crippen LogP contribution in [0.3, 0.4) is 0 Å². The van der Waals surface area contributed by atoms with Crippen LogP contribution in [-0.4, -0.2) is 31.5 Å². The van der Waals surface area contributed by atoms with E-state index in [9.17, 15) is 4.79 Å². The monoisotopic (exact) mass is 424 g/mol. The van der Waals surface area contributed by atoms with Gasteiger partial charge < -0.3 is 5.32 Å². The maximum absolute atomic E-state index is 13.0. The van der Waals surface area contributed by atoms with Gasteiger partial charge in [0.15, 0.2) is 11.0 Å². The Morgan fingerprint density at radius 3 is 2.66 bits per heavy atom. The molecule has 4 rings (SSSR count). The lowest BCUT2D eigenvalue weighted by molar-refractivity contribution is -0.119. The third kappa shape index (κ3) is 4.85. The molecule has 0 aliphatic carbocycles. The highest BCUT2D eigenvalue weighted by atomic mass is 35.5. The van der Waals surface area contributed by atoms with Crippen molar-refractivity contribution in [2.24, 2.45) is 5.92 Å². The van der Waals surface area contributed by atoms with E-state index in [-0.39, 0.29) is 11.8 Å². The molecule has 9 heteroatoms. The SMILES string of the molecule is O=C(Nc1nc(-c2ccccc2Cl)cs1)C(Cc1ccccc1)Cc1nn[nH]n1. The summed E-state index contributed by atoms with van der Waals surface area (Å²) in [5, 5.41) is 19.9. The lowest BCUT2D eigenvalue weighted by Crippen LogP contribution is -2.27. The number of H-pyrrole nitrogens is 1. The molecular weight excluding hydrogens is 408 g/mol. The Labute approximate surface area is 176 Å². The van der Waals surface area contributed by atoms with E-state index in [4.69, 9.17) is 11.6 Å². The average Bonchev–Trinajstić information content (AvgIpc) is 3.41. The van der Waals surface area contributed by atoms with Gasteiger partial charge in [-0.05, 0) is 18.1 Å². The number of hydrogen-bond acceptors (Lipinski definition) is 6. The smallest absolute Gasteiger partial charge is 0.230 e. The van der Waals surface area contributed by atoms with Gasteiger partial charge in [-0.1, -0.05) is 65.3 Å². The molecule has 29 heavy (non-hydrogen) atoms. The third-order valence-electron chi connectivity index (χ3n) is 4.40. The van der Waals surface area contributed by atoms with E-state index < -0.39 is 0 Å². The number of nitrogens with zero attached hydrogens (tertiary/aromatic N) is 4. The van der Waals surface area contributed by atoms with Gasteiger partial charge >= 0.3 is 0 Å².